The van der Waals surface area contributed by atoms with Gasteiger partial charge >= 0.3 is 0 Å². The molecule has 2 rings (SSSR count). The number of hydrogen-bond donors (Lipinski definition) is 2. The van der Waals surface area contributed by atoms with E-state index in [-0.39, 0.29) is 30.0 Å². The summed E-state index contributed by atoms with van der Waals surface area (Å²) in [5.74, 6) is 0.970. The van der Waals surface area contributed by atoms with Crippen molar-refractivity contribution in [1.82, 2.24) is 20.5 Å². The van der Waals surface area contributed by atoms with Crippen LogP contribution in [0.1, 0.15) is 25.0 Å². The molecule has 0 radical (unpaired) electrons. The zero-order valence-electron chi connectivity index (χ0n) is 16.1. The molecular weight excluding hydrogens is 360 g/mol. The highest BCUT2D eigenvalue weighted by atomic mass is 16.5. The predicted octanol–water partition coefficient (Wildman–Crippen LogP) is 1.87. The van der Waals surface area contributed by atoms with E-state index in [2.05, 4.69) is 27.1 Å². The summed E-state index contributed by atoms with van der Waals surface area (Å²) < 4.78 is 10.5. The van der Waals surface area contributed by atoms with Crippen molar-refractivity contribution in [3.8, 4) is 17.1 Å². The molecule has 0 aliphatic heterocycles. The van der Waals surface area contributed by atoms with Gasteiger partial charge in [0.25, 0.3) is 5.56 Å². The van der Waals surface area contributed by atoms with Crippen molar-refractivity contribution in [2.75, 3.05) is 26.9 Å². The first-order valence-electron chi connectivity index (χ1n) is 9.19. The van der Waals surface area contributed by atoms with Gasteiger partial charge in [0.2, 0.25) is 5.91 Å². The van der Waals surface area contributed by atoms with E-state index in [4.69, 9.17) is 9.47 Å². The maximum absolute atomic E-state index is 12.2. The Morgan fingerprint density at radius 3 is 2.71 bits per heavy atom. The second kappa shape index (κ2) is 11.7. The van der Waals surface area contributed by atoms with E-state index in [1.807, 2.05) is 0 Å². The van der Waals surface area contributed by atoms with Crippen LogP contribution in [-0.2, 0) is 16.0 Å². The van der Waals surface area contributed by atoms with E-state index in [1.165, 1.54) is 0 Å². The number of ether oxygens (including phenoxy) is 2. The molecule has 150 valence electrons. The molecule has 28 heavy (non-hydrogen) atoms. The lowest BCUT2D eigenvalue weighted by atomic mass is 10.2. The van der Waals surface area contributed by atoms with E-state index in [0.29, 0.717) is 25.6 Å². The van der Waals surface area contributed by atoms with Crippen LogP contribution in [0.4, 0.5) is 0 Å². The minimum atomic E-state index is -0.344. The van der Waals surface area contributed by atoms with Crippen molar-refractivity contribution in [2.45, 2.75) is 25.7 Å². The summed E-state index contributed by atoms with van der Waals surface area (Å²) in [7, 11) is 1.61. The van der Waals surface area contributed by atoms with Gasteiger partial charge in [-0.2, -0.15) is 0 Å². The minimum Gasteiger partial charge on any atom is -0.493 e. The molecule has 1 amide bonds. The number of nitrogens with one attached hydrogen (secondary N) is 2. The standard InChI is InChI=1S/C20H26N4O4/c1-3-4-14-28-16-8-6-15(7-9-16)19-22-20(26)17(23-24-19)10-11-18(25)21-12-5-13-27-2/h3,6-9H,1,4-5,10-14H2,2H3,(H,21,25)(H,22,24,26). The molecule has 1 aromatic heterocycles. The number of amides is 1. The first-order chi connectivity index (χ1) is 13.6. The molecule has 2 N–H and O–H groups in total. The van der Waals surface area contributed by atoms with Crippen LogP contribution < -0.4 is 15.6 Å². The van der Waals surface area contributed by atoms with Crippen molar-refractivity contribution in [3.05, 3.63) is 53.0 Å². The van der Waals surface area contributed by atoms with Crippen molar-refractivity contribution in [1.29, 1.82) is 0 Å². The average Bonchev–Trinajstić information content (AvgIpc) is 2.71. The molecule has 0 atom stereocenters. The summed E-state index contributed by atoms with van der Waals surface area (Å²) >= 11 is 0. The Bertz CT molecular complexity index is 818. The molecule has 0 bridgehead atoms. The quantitative estimate of drug-likeness (QED) is 0.426. The number of aromatic nitrogens is 3. The molecule has 0 fully saturated rings. The summed E-state index contributed by atoms with van der Waals surface area (Å²) in [5, 5.41) is 10.8. The number of aryl methyl sites for hydroxylation is 1. The second-order valence-corrected chi connectivity index (χ2v) is 6.10. The SMILES string of the molecule is C=CCCOc1ccc(-c2nnc(CCC(=O)NCCCOC)c(=O)[nH]2)cc1. The van der Waals surface area contributed by atoms with Gasteiger partial charge in [-0.15, -0.1) is 16.8 Å². The highest BCUT2D eigenvalue weighted by Crippen LogP contribution is 2.18. The van der Waals surface area contributed by atoms with Gasteiger partial charge in [-0.25, -0.2) is 0 Å². The molecule has 0 spiro atoms. The Labute approximate surface area is 164 Å². The lowest BCUT2D eigenvalue weighted by Gasteiger charge is -2.06. The maximum atomic E-state index is 12.2. The van der Waals surface area contributed by atoms with Crippen LogP contribution >= 0.6 is 0 Å². The van der Waals surface area contributed by atoms with Crippen LogP contribution in [0, 0.1) is 0 Å². The van der Waals surface area contributed by atoms with Crippen LogP contribution in [-0.4, -0.2) is 48.0 Å². The summed E-state index contributed by atoms with van der Waals surface area (Å²) in [4.78, 5) is 26.7. The third-order valence-corrected chi connectivity index (χ3v) is 3.92. The molecule has 1 aromatic carbocycles. The number of aromatic amines is 1. The fourth-order valence-electron chi connectivity index (χ4n) is 2.39. The third kappa shape index (κ3) is 6.96. The fraction of sp³-hybridized carbons (Fsp3) is 0.400. The average molecular weight is 386 g/mol. The molecular formula is C20H26N4O4. The Morgan fingerprint density at radius 1 is 1.25 bits per heavy atom. The molecule has 2 aromatic rings. The summed E-state index contributed by atoms with van der Waals surface area (Å²) in [6.45, 7) is 5.35. The van der Waals surface area contributed by atoms with E-state index in [1.54, 1.807) is 37.5 Å². The number of carbonyl (C=O) groups excluding carboxylic acids is 1. The zero-order valence-corrected chi connectivity index (χ0v) is 16.1. The van der Waals surface area contributed by atoms with Crippen molar-refractivity contribution < 1.29 is 14.3 Å². The lowest BCUT2D eigenvalue weighted by molar-refractivity contribution is -0.121. The van der Waals surface area contributed by atoms with Gasteiger partial charge in [-0.1, -0.05) is 6.08 Å². The van der Waals surface area contributed by atoms with Crippen molar-refractivity contribution in [3.63, 3.8) is 0 Å². The number of H-pyrrole nitrogens is 1. The number of hydrogen-bond acceptors (Lipinski definition) is 6. The smallest absolute Gasteiger partial charge is 0.273 e. The Morgan fingerprint density at radius 2 is 2.04 bits per heavy atom. The second-order valence-electron chi connectivity index (χ2n) is 6.10. The Balaban J connectivity index is 1.90. The number of carbonyl (C=O) groups is 1. The number of rotatable bonds is 12. The molecule has 0 aliphatic carbocycles. The van der Waals surface area contributed by atoms with Crippen molar-refractivity contribution >= 4 is 5.91 Å². The van der Waals surface area contributed by atoms with E-state index >= 15 is 0 Å². The summed E-state index contributed by atoms with van der Waals surface area (Å²) in [6, 6.07) is 7.22. The van der Waals surface area contributed by atoms with E-state index in [0.717, 1.165) is 24.2 Å². The first-order valence-corrected chi connectivity index (χ1v) is 9.19. The Hall–Kier alpha value is -3.00. The van der Waals surface area contributed by atoms with Gasteiger partial charge in [0.15, 0.2) is 5.82 Å². The molecule has 0 unspecified atom stereocenters. The summed E-state index contributed by atoms with van der Waals surface area (Å²) in [6.07, 6.45) is 3.72. The fourth-order valence-corrected chi connectivity index (χ4v) is 2.39. The molecule has 0 aliphatic rings. The van der Waals surface area contributed by atoms with E-state index < -0.39 is 0 Å². The predicted molar refractivity (Wildman–Crippen MR) is 106 cm³/mol. The van der Waals surface area contributed by atoms with Gasteiger partial charge < -0.3 is 19.8 Å². The van der Waals surface area contributed by atoms with Gasteiger partial charge in [-0.05, 0) is 37.1 Å². The van der Waals surface area contributed by atoms with Crippen LogP contribution in [0.3, 0.4) is 0 Å². The van der Waals surface area contributed by atoms with Gasteiger partial charge in [0.05, 0.1) is 6.61 Å². The van der Waals surface area contributed by atoms with Crippen LogP contribution in [0.25, 0.3) is 11.4 Å². The number of nitrogens with zero attached hydrogens (tertiary/aromatic N) is 2. The maximum Gasteiger partial charge on any atom is 0.273 e. The van der Waals surface area contributed by atoms with Crippen LogP contribution in [0.2, 0.25) is 0 Å². The minimum absolute atomic E-state index is 0.131. The highest BCUT2D eigenvalue weighted by molar-refractivity contribution is 5.76. The third-order valence-electron chi connectivity index (χ3n) is 3.92. The number of benzene rings is 1. The summed E-state index contributed by atoms with van der Waals surface area (Å²) in [5.41, 5.74) is 0.617. The lowest BCUT2D eigenvalue weighted by Crippen LogP contribution is -2.27. The van der Waals surface area contributed by atoms with Crippen LogP contribution in [0.5, 0.6) is 5.75 Å². The molecule has 0 saturated carbocycles. The zero-order chi connectivity index (χ0) is 20.2. The molecule has 0 saturated heterocycles. The van der Waals surface area contributed by atoms with Crippen LogP contribution in [0.15, 0.2) is 41.7 Å². The topological polar surface area (TPSA) is 106 Å². The highest BCUT2D eigenvalue weighted by Gasteiger charge is 2.09. The Kier molecular flexibility index (Phi) is 8.87. The van der Waals surface area contributed by atoms with Gasteiger partial charge in [0, 0.05) is 38.7 Å². The normalized spacial score (nSPS) is 10.5. The number of methoxy groups -OCH3 is 1. The largest absolute Gasteiger partial charge is 0.493 e. The van der Waals surface area contributed by atoms with Gasteiger partial charge in [-0.3, -0.25) is 9.59 Å². The molecule has 8 heteroatoms. The van der Waals surface area contributed by atoms with E-state index in [9.17, 15) is 9.59 Å². The molecule has 1 heterocycles. The molecule has 8 nitrogen and oxygen atoms in total. The first kappa shape index (κ1) is 21.3. The monoisotopic (exact) mass is 386 g/mol. The van der Waals surface area contributed by atoms with Gasteiger partial charge in [0.1, 0.15) is 11.4 Å². The van der Waals surface area contributed by atoms with Crippen molar-refractivity contribution in [2.24, 2.45) is 0 Å².